The summed E-state index contributed by atoms with van der Waals surface area (Å²) in [5.41, 5.74) is 2.23. The lowest BCUT2D eigenvalue weighted by Gasteiger charge is -2.10. The van der Waals surface area contributed by atoms with E-state index in [0.29, 0.717) is 22.1 Å². The molecule has 1 saturated carbocycles. The molecule has 2 amide bonds. The molecular weight excluding hydrogens is 340 g/mol. The molecule has 0 atom stereocenters. The van der Waals surface area contributed by atoms with E-state index in [0.717, 1.165) is 18.4 Å². The third-order valence-electron chi connectivity index (χ3n) is 3.88. The minimum Gasteiger partial charge on any atom is -0.484 e. The van der Waals surface area contributed by atoms with Crippen LogP contribution in [0.4, 0.5) is 11.4 Å². The topological polar surface area (TPSA) is 67.4 Å². The third kappa shape index (κ3) is 4.97. The number of amides is 2. The van der Waals surface area contributed by atoms with Crippen molar-refractivity contribution >= 4 is 34.8 Å². The van der Waals surface area contributed by atoms with Gasteiger partial charge < -0.3 is 15.4 Å². The van der Waals surface area contributed by atoms with Crippen LogP contribution in [-0.4, -0.2) is 18.4 Å². The Morgan fingerprint density at radius 3 is 2.60 bits per heavy atom. The normalized spacial score (nSPS) is 13.2. The van der Waals surface area contributed by atoms with Gasteiger partial charge >= 0.3 is 0 Å². The first kappa shape index (κ1) is 17.3. The van der Waals surface area contributed by atoms with Crippen molar-refractivity contribution in [3.63, 3.8) is 0 Å². The summed E-state index contributed by atoms with van der Waals surface area (Å²) in [6, 6.07) is 12.3. The maximum absolute atomic E-state index is 12.0. The molecule has 25 heavy (non-hydrogen) atoms. The highest BCUT2D eigenvalue weighted by molar-refractivity contribution is 6.31. The molecule has 0 aliphatic heterocycles. The molecule has 2 aromatic rings. The summed E-state index contributed by atoms with van der Waals surface area (Å²) in [5, 5.41) is 6.18. The fourth-order valence-corrected chi connectivity index (χ4v) is 2.45. The van der Waals surface area contributed by atoms with Gasteiger partial charge in [0.2, 0.25) is 5.91 Å². The van der Waals surface area contributed by atoms with E-state index in [2.05, 4.69) is 10.6 Å². The summed E-state index contributed by atoms with van der Waals surface area (Å²) in [6.07, 6.45) is 1.90. The van der Waals surface area contributed by atoms with E-state index in [4.69, 9.17) is 16.3 Å². The Kier molecular flexibility index (Phi) is 5.24. The predicted molar refractivity (Wildman–Crippen MR) is 98.1 cm³/mol. The summed E-state index contributed by atoms with van der Waals surface area (Å²) < 4.78 is 5.50. The van der Waals surface area contributed by atoms with Gasteiger partial charge in [-0.15, -0.1) is 0 Å². The second-order valence-corrected chi connectivity index (χ2v) is 6.50. The van der Waals surface area contributed by atoms with E-state index < -0.39 is 0 Å². The largest absolute Gasteiger partial charge is 0.484 e. The highest BCUT2D eigenvalue weighted by Gasteiger charge is 2.29. The maximum atomic E-state index is 12.0. The van der Waals surface area contributed by atoms with Crippen LogP contribution in [0.5, 0.6) is 5.75 Å². The van der Waals surface area contributed by atoms with Crippen molar-refractivity contribution in [2.75, 3.05) is 17.2 Å². The number of anilines is 2. The summed E-state index contributed by atoms with van der Waals surface area (Å²) in [7, 11) is 0. The second kappa shape index (κ2) is 7.57. The SMILES string of the molecule is Cc1ccc(NC(=O)COc2cccc(NC(=O)C3CC3)c2)cc1Cl. The summed E-state index contributed by atoms with van der Waals surface area (Å²) >= 11 is 6.04. The number of rotatable bonds is 6. The Balaban J connectivity index is 1.52. The van der Waals surface area contributed by atoms with Crippen molar-refractivity contribution in [1.29, 1.82) is 0 Å². The molecule has 2 N–H and O–H groups in total. The lowest BCUT2D eigenvalue weighted by atomic mass is 10.2. The van der Waals surface area contributed by atoms with Gasteiger partial charge in [0.05, 0.1) is 0 Å². The van der Waals surface area contributed by atoms with Crippen LogP contribution in [0.25, 0.3) is 0 Å². The van der Waals surface area contributed by atoms with Crippen LogP contribution >= 0.6 is 11.6 Å². The smallest absolute Gasteiger partial charge is 0.262 e. The Morgan fingerprint density at radius 1 is 1.12 bits per heavy atom. The van der Waals surface area contributed by atoms with E-state index >= 15 is 0 Å². The molecule has 0 spiro atoms. The van der Waals surface area contributed by atoms with E-state index in [1.54, 1.807) is 36.4 Å². The molecule has 1 aliphatic carbocycles. The molecule has 1 aliphatic rings. The van der Waals surface area contributed by atoms with E-state index in [-0.39, 0.29) is 24.3 Å². The number of ether oxygens (including phenoxy) is 1. The van der Waals surface area contributed by atoms with E-state index in [9.17, 15) is 9.59 Å². The molecule has 3 rings (SSSR count). The van der Waals surface area contributed by atoms with Crippen LogP contribution in [0.2, 0.25) is 5.02 Å². The molecule has 6 heteroatoms. The molecule has 130 valence electrons. The molecule has 0 bridgehead atoms. The first-order valence-electron chi connectivity index (χ1n) is 8.11. The molecular formula is C19H19ClN2O3. The average Bonchev–Trinajstić information content (AvgIpc) is 3.42. The summed E-state index contributed by atoms with van der Waals surface area (Å²) in [6.45, 7) is 1.76. The molecule has 2 aromatic carbocycles. The molecule has 1 fully saturated rings. The van der Waals surface area contributed by atoms with Crippen molar-refractivity contribution in [3.8, 4) is 5.75 Å². The van der Waals surface area contributed by atoms with Crippen LogP contribution in [0.15, 0.2) is 42.5 Å². The Bertz CT molecular complexity index is 803. The molecule has 5 nitrogen and oxygen atoms in total. The first-order chi connectivity index (χ1) is 12.0. The fourth-order valence-electron chi connectivity index (χ4n) is 2.27. The zero-order chi connectivity index (χ0) is 17.8. The van der Waals surface area contributed by atoms with Crippen molar-refractivity contribution in [1.82, 2.24) is 0 Å². The van der Waals surface area contributed by atoms with Crippen LogP contribution in [0.3, 0.4) is 0 Å². The van der Waals surface area contributed by atoms with Crippen LogP contribution in [-0.2, 0) is 9.59 Å². The van der Waals surface area contributed by atoms with Gasteiger partial charge in [0.1, 0.15) is 5.75 Å². The monoisotopic (exact) mass is 358 g/mol. The highest BCUT2D eigenvalue weighted by atomic mass is 35.5. The minimum atomic E-state index is -0.285. The molecule has 0 unspecified atom stereocenters. The van der Waals surface area contributed by atoms with Gasteiger partial charge in [-0.05, 0) is 49.6 Å². The number of halogens is 1. The van der Waals surface area contributed by atoms with Crippen LogP contribution in [0, 0.1) is 12.8 Å². The second-order valence-electron chi connectivity index (χ2n) is 6.09. The fraction of sp³-hybridized carbons (Fsp3) is 0.263. The molecule has 0 heterocycles. The number of nitrogens with one attached hydrogen (secondary N) is 2. The first-order valence-corrected chi connectivity index (χ1v) is 8.49. The molecule has 0 aromatic heterocycles. The standard InChI is InChI=1S/C19H19ClN2O3/c1-12-5-8-15(10-17(12)20)21-18(23)11-25-16-4-2-3-14(9-16)22-19(24)13-6-7-13/h2-5,8-10,13H,6-7,11H2,1H3,(H,21,23)(H,22,24). The van der Waals surface area contributed by atoms with Gasteiger partial charge in [-0.1, -0.05) is 23.7 Å². The number of hydrogen-bond acceptors (Lipinski definition) is 3. The summed E-state index contributed by atoms with van der Waals surface area (Å²) in [5.74, 6) is 0.404. The van der Waals surface area contributed by atoms with Gasteiger partial charge in [-0.3, -0.25) is 9.59 Å². The third-order valence-corrected chi connectivity index (χ3v) is 4.28. The van der Waals surface area contributed by atoms with Crippen molar-refractivity contribution in [2.24, 2.45) is 5.92 Å². The average molecular weight is 359 g/mol. The van der Waals surface area contributed by atoms with Gasteiger partial charge in [0.25, 0.3) is 5.91 Å². The zero-order valence-electron chi connectivity index (χ0n) is 13.8. The van der Waals surface area contributed by atoms with Crippen LogP contribution < -0.4 is 15.4 Å². The Hall–Kier alpha value is -2.53. The van der Waals surface area contributed by atoms with E-state index in [1.165, 1.54) is 0 Å². The highest BCUT2D eigenvalue weighted by Crippen LogP contribution is 2.30. The lowest BCUT2D eigenvalue weighted by molar-refractivity contribution is -0.118. The lowest BCUT2D eigenvalue weighted by Crippen LogP contribution is -2.20. The van der Waals surface area contributed by atoms with Gasteiger partial charge in [0, 0.05) is 28.4 Å². The van der Waals surface area contributed by atoms with Crippen molar-refractivity contribution in [3.05, 3.63) is 53.1 Å². The van der Waals surface area contributed by atoms with Gasteiger partial charge in [-0.25, -0.2) is 0 Å². The van der Waals surface area contributed by atoms with Crippen molar-refractivity contribution in [2.45, 2.75) is 19.8 Å². The van der Waals surface area contributed by atoms with Crippen molar-refractivity contribution < 1.29 is 14.3 Å². The predicted octanol–water partition coefficient (Wildman–Crippen LogP) is 4.01. The minimum absolute atomic E-state index is 0.0335. The zero-order valence-corrected chi connectivity index (χ0v) is 14.6. The van der Waals surface area contributed by atoms with Crippen LogP contribution in [0.1, 0.15) is 18.4 Å². The number of benzene rings is 2. The Morgan fingerprint density at radius 2 is 1.88 bits per heavy atom. The van der Waals surface area contributed by atoms with Gasteiger partial charge in [-0.2, -0.15) is 0 Å². The quantitative estimate of drug-likeness (QED) is 0.819. The number of hydrogen-bond donors (Lipinski definition) is 2. The Labute approximate surface area is 151 Å². The number of aryl methyl sites for hydroxylation is 1. The number of carbonyl (C=O) groups excluding carboxylic acids is 2. The van der Waals surface area contributed by atoms with E-state index in [1.807, 2.05) is 13.0 Å². The maximum Gasteiger partial charge on any atom is 0.262 e. The number of carbonyl (C=O) groups is 2. The summed E-state index contributed by atoms with van der Waals surface area (Å²) in [4.78, 5) is 23.8. The van der Waals surface area contributed by atoms with Gasteiger partial charge in [0.15, 0.2) is 6.61 Å². The molecule has 0 radical (unpaired) electrons. The molecule has 0 saturated heterocycles.